The summed E-state index contributed by atoms with van der Waals surface area (Å²) in [5, 5.41) is 21.8. The van der Waals surface area contributed by atoms with Gasteiger partial charge in [0, 0.05) is 33.2 Å². The summed E-state index contributed by atoms with van der Waals surface area (Å²) in [6.45, 7) is 6.06. The molecule has 0 radical (unpaired) electrons. The number of nitrogens with zero attached hydrogens (tertiary/aromatic N) is 1. The van der Waals surface area contributed by atoms with Gasteiger partial charge in [-0.25, -0.2) is 0 Å². The highest BCUT2D eigenvalue weighted by Gasteiger charge is 2.43. The number of carbonyl (C=O) groups is 5. The van der Waals surface area contributed by atoms with Crippen LogP contribution in [-0.2, 0) is 46.3 Å². The molecule has 15 heteroatoms. The average molecular weight is 782 g/mol. The van der Waals surface area contributed by atoms with E-state index >= 15 is 0 Å². The van der Waals surface area contributed by atoms with E-state index in [2.05, 4.69) is 21.3 Å². The highest BCUT2D eigenvalue weighted by atomic mass is 16.5. The second-order valence-electron chi connectivity index (χ2n) is 14.8. The van der Waals surface area contributed by atoms with Crippen LogP contribution in [0, 0.1) is 5.92 Å². The second kappa shape index (κ2) is 24.3. The SMILES string of the molecule is COCCOCCNC1(C(=O)O)CCN(C(=O)[C@@H](CCCCN)NC(=O)[C@@H](CC(C)C)NC(=O)[C@@H](Cc2ccccc2)NC(=O)[C@H](N)Cc2ccccc2)CC1. The predicted molar refractivity (Wildman–Crippen MR) is 213 cm³/mol. The number of piperidine rings is 1. The third kappa shape index (κ3) is 15.3. The van der Waals surface area contributed by atoms with E-state index in [1.807, 2.05) is 74.5 Å². The van der Waals surface area contributed by atoms with E-state index in [0.29, 0.717) is 52.2 Å². The molecule has 9 N–H and O–H groups in total. The number of ether oxygens (including phenoxy) is 2. The third-order valence-corrected chi connectivity index (χ3v) is 9.93. The monoisotopic (exact) mass is 781 g/mol. The molecular formula is C41H63N7O8. The lowest BCUT2D eigenvalue weighted by Gasteiger charge is -2.40. The van der Waals surface area contributed by atoms with Gasteiger partial charge in [0.15, 0.2) is 0 Å². The Morgan fingerprint density at radius 3 is 1.93 bits per heavy atom. The molecule has 0 unspecified atom stereocenters. The smallest absolute Gasteiger partial charge is 0.324 e. The summed E-state index contributed by atoms with van der Waals surface area (Å²) in [5.74, 6) is -2.92. The third-order valence-electron chi connectivity index (χ3n) is 9.93. The van der Waals surface area contributed by atoms with E-state index in [0.717, 1.165) is 11.1 Å². The lowest BCUT2D eigenvalue weighted by atomic mass is 9.87. The summed E-state index contributed by atoms with van der Waals surface area (Å²) in [5.41, 5.74) is 12.5. The summed E-state index contributed by atoms with van der Waals surface area (Å²) in [6, 6.07) is 14.7. The maximum absolute atomic E-state index is 14.0. The molecule has 1 fully saturated rings. The van der Waals surface area contributed by atoms with Crippen LogP contribution in [0.15, 0.2) is 60.7 Å². The number of rotatable bonds is 25. The molecule has 3 rings (SSSR count). The van der Waals surface area contributed by atoms with Crippen LogP contribution in [-0.4, -0.2) is 122 Å². The van der Waals surface area contributed by atoms with E-state index in [1.165, 1.54) is 0 Å². The van der Waals surface area contributed by atoms with Crippen LogP contribution >= 0.6 is 0 Å². The fraction of sp³-hybridized carbons (Fsp3) is 0.585. The van der Waals surface area contributed by atoms with Crippen molar-refractivity contribution in [1.82, 2.24) is 26.2 Å². The van der Waals surface area contributed by atoms with Crippen molar-refractivity contribution in [2.45, 2.75) is 94.9 Å². The van der Waals surface area contributed by atoms with Crippen LogP contribution in [0.1, 0.15) is 63.5 Å². The molecule has 4 atom stereocenters. The van der Waals surface area contributed by atoms with Crippen molar-refractivity contribution in [1.29, 1.82) is 0 Å². The quantitative estimate of drug-likeness (QED) is 0.0707. The molecule has 1 aliphatic heterocycles. The lowest BCUT2D eigenvalue weighted by Crippen LogP contribution is -2.62. The Morgan fingerprint density at radius 1 is 0.786 bits per heavy atom. The Bertz CT molecular complexity index is 1510. The molecule has 4 amide bonds. The normalized spacial score (nSPS) is 16.0. The van der Waals surface area contributed by atoms with E-state index in [4.69, 9.17) is 20.9 Å². The molecule has 56 heavy (non-hydrogen) atoms. The Kier molecular flexibility index (Phi) is 19.9. The number of amides is 4. The Hall–Kier alpha value is -4.41. The number of nitrogens with two attached hydrogens (primary N) is 2. The minimum atomic E-state index is -1.22. The molecule has 0 aromatic heterocycles. The lowest BCUT2D eigenvalue weighted by molar-refractivity contribution is -0.150. The molecule has 1 saturated heterocycles. The van der Waals surface area contributed by atoms with Crippen LogP contribution in [0.4, 0.5) is 0 Å². The van der Waals surface area contributed by atoms with Crippen molar-refractivity contribution in [3.63, 3.8) is 0 Å². The van der Waals surface area contributed by atoms with Crippen molar-refractivity contribution in [2.24, 2.45) is 17.4 Å². The molecule has 2 aromatic carbocycles. The maximum Gasteiger partial charge on any atom is 0.324 e. The minimum absolute atomic E-state index is 0.0111. The number of carboxylic acid groups (broad SMARTS) is 1. The zero-order valence-corrected chi connectivity index (χ0v) is 33.2. The van der Waals surface area contributed by atoms with Crippen molar-refractivity contribution >= 4 is 29.6 Å². The fourth-order valence-corrected chi connectivity index (χ4v) is 6.70. The zero-order valence-electron chi connectivity index (χ0n) is 33.2. The van der Waals surface area contributed by atoms with Gasteiger partial charge in [-0.2, -0.15) is 0 Å². The van der Waals surface area contributed by atoms with Crippen molar-refractivity contribution in [2.75, 3.05) is 53.1 Å². The van der Waals surface area contributed by atoms with Crippen molar-refractivity contribution in [3.05, 3.63) is 71.8 Å². The Balaban J connectivity index is 1.73. The number of nitrogens with one attached hydrogen (secondary N) is 4. The first-order valence-electron chi connectivity index (χ1n) is 19.7. The fourth-order valence-electron chi connectivity index (χ4n) is 6.70. The first-order valence-corrected chi connectivity index (χ1v) is 19.7. The van der Waals surface area contributed by atoms with Gasteiger partial charge in [0.1, 0.15) is 23.7 Å². The number of unbranched alkanes of at least 4 members (excludes halogenated alkanes) is 1. The summed E-state index contributed by atoms with van der Waals surface area (Å²) >= 11 is 0. The molecule has 0 spiro atoms. The highest BCUT2D eigenvalue weighted by Crippen LogP contribution is 2.24. The standard InChI is InChI=1S/C41H63N7O8/c1-29(2)26-34(47-38(51)35(28-31-14-8-5-9-15-31)46-36(49)32(43)27-30-12-6-4-7-13-30)37(50)45-33(16-10-11-19-42)39(52)48-21-17-41(18-22-48,40(53)54)44-20-23-56-25-24-55-3/h4-9,12-15,29,32-35,44H,10-11,16-28,42-43H2,1-3H3,(H,45,50)(H,46,49)(H,47,51)(H,53,54)/t32-,33-,34-,35-/m1/s1. The van der Waals surface area contributed by atoms with Crippen molar-refractivity contribution < 1.29 is 38.6 Å². The summed E-state index contributed by atoms with van der Waals surface area (Å²) < 4.78 is 10.4. The van der Waals surface area contributed by atoms with Gasteiger partial charge in [-0.15, -0.1) is 0 Å². The van der Waals surface area contributed by atoms with Gasteiger partial charge in [-0.05, 0) is 68.5 Å². The van der Waals surface area contributed by atoms with E-state index in [9.17, 15) is 29.1 Å². The van der Waals surface area contributed by atoms with Crippen LogP contribution in [0.2, 0.25) is 0 Å². The molecular weight excluding hydrogens is 718 g/mol. The maximum atomic E-state index is 14.0. The minimum Gasteiger partial charge on any atom is -0.480 e. The number of aliphatic carboxylic acids is 1. The molecule has 310 valence electrons. The second-order valence-corrected chi connectivity index (χ2v) is 14.8. The van der Waals surface area contributed by atoms with Crippen molar-refractivity contribution in [3.8, 4) is 0 Å². The van der Waals surface area contributed by atoms with Gasteiger partial charge in [-0.3, -0.25) is 29.3 Å². The number of carboxylic acids is 1. The largest absolute Gasteiger partial charge is 0.480 e. The van der Waals surface area contributed by atoms with Gasteiger partial charge in [-0.1, -0.05) is 74.5 Å². The number of likely N-dealkylation sites (tertiary alicyclic amines) is 1. The molecule has 15 nitrogen and oxygen atoms in total. The van der Waals surface area contributed by atoms with E-state index in [1.54, 1.807) is 12.0 Å². The predicted octanol–water partition coefficient (Wildman–Crippen LogP) is 1.13. The number of benzene rings is 2. The van der Waals surface area contributed by atoms with Crippen LogP contribution in [0.3, 0.4) is 0 Å². The van der Waals surface area contributed by atoms with Crippen LogP contribution < -0.4 is 32.7 Å². The van der Waals surface area contributed by atoms with Gasteiger partial charge in [0.25, 0.3) is 0 Å². The first kappa shape index (κ1) is 46.0. The molecule has 1 heterocycles. The first-order chi connectivity index (χ1) is 26.9. The molecule has 2 aromatic rings. The van der Waals surface area contributed by atoms with Gasteiger partial charge < -0.3 is 46.9 Å². The van der Waals surface area contributed by atoms with Crippen LogP contribution in [0.5, 0.6) is 0 Å². The summed E-state index contributed by atoms with van der Waals surface area (Å²) in [7, 11) is 1.57. The number of methoxy groups -OCH3 is 1. The molecule has 0 saturated carbocycles. The van der Waals surface area contributed by atoms with E-state index < -0.39 is 53.4 Å². The number of hydrogen-bond acceptors (Lipinski definition) is 10. The Labute approximate surface area is 331 Å². The topological polar surface area (TPSA) is 227 Å². The number of hydrogen-bond donors (Lipinski definition) is 7. The summed E-state index contributed by atoms with van der Waals surface area (Å²) in [4.78, 5) is 69.3. The van der Waals surface area contributed by atoms with E-state index in [-0.39, 0.29) is 57.0 Å². The van der Waals surface area contributed by atoms with Gasteiger partial charge in [0.2, 0.25) is 23.6 Å². The molecule has 0 bridgehead atoms. The molecule has 1 aliphatic rings. The highest BCUT2D eigenvalue weighted by molar-refractivity contribution is 5.95. The molecule has 0 aliphatic carbocycles. The zero-order chi connectivity index (χ0) is 40.9. The number of carbonyl (C=O) groups excluding carboxylic acids is 4. The average Bonchev–Trinajstić information content (AvgIpc) is 3.18. The van der Waals surface area contributed by atoms with Gasteiger partial charge >= 0.3 is 5.97 Å². The summed E-state index contributed by atoms with van der Waals surface area (Å²) in [6.07, 6.45) is 2.57. The van der Waals surface area contributed by atoms with Crippen LogP contribution in [0.25, 0.3) is 0 Å². The Morgan fingerprint density at radius 2 is 1.36 bits per heavy atom. The van der Waals surface area contributed by atoms with Gasteiger partial charge in [0.05, 0.1) is 25.9 Å².